The average Bonchev–Trinajstić information content (AvgIpc) is 3.05. The van der Waals surface area contributed by atoms with E-state index in [1.807, 2.05) is 0 Å². The van der Waals surface area contributed by atoms with Gasteiger partial charge in [0.2, 0.25) is 0 Å². The fourth-order valence-corrected chi connectivity index (χ4v) is 3.87. The molecule has 0 bridgehead atoms. The number of sulfone groups is 1. The third-order valence-electron chi connectivity index (χ3n) is 4.13. The third kappa shape index (κ3) is 4.57. The van der Waals surface area contributed by atoms with Crippen molar-refractivity contribution in [2.45, 2.75) is 24.4 Å². The lowest BCUT2D eigenvalue weighted by atomic mass is 10.1. The number of nitrogens with one attached hydrogen (secondary N) is 2. The van der Waals surface area contributed by atoms with Crippen LogP contribution in [-0.2, 0) is 9.84 Å². The summed E-state index contributed by atoms with van der Waals surface area (Å²) >= 11 is 5.85. The first-order valence-corrected chi connectivity index (χ1v) is 10.7. The quantitative estimate of drug-likeness (QED) is 0.523. The molecule has 3 aromatic rings. The smallest absolute Gasteiger partial charge is 0.283 e. The van der Waals surface area contributed by atoms with Crippen molar-refractivity contribution in [3.8, 4) is 0 Å². The number of halogens is 5. The number of rotatable bonds is 6. The molecule has 0 aliphatic carbocycles. The normalized spacial score (nSPS) is 12.9. The molecule has 160 valence electrons. The summed E-state index contributed by atoms with van der Waals surface area (Å²) < 4.78 is 77.0. The molecule has 1 aromatic carbocycles. The minimum absolute atomic E-state index is 0.0836. The Bertz CT molecular complexity index is 1200. The van der Waals surface area contributed by atoms with Crippen LogP contribution >= 0.6 is 11.6 Å². The summed E-state index contributed by atoms with van der Waals surface area (Å²) in [6.45, 7) is 1.49. The first-order chi connectivity index (χ1) is 14.0. The minimum atomic E-state index is -3.66. The lowest BCUT2D eigenvalue weighted by Crippen LogP contribution is -2.16. The SMILES string of the molecule is Cc1[nH]c([C@@H](Nc2ccc(F)c(C(F)F)n2)c2ccc(F)c(Cl)c2)nc1S(C)(=O)=O. The number of imidazole rings is 1. The Kier molecular flexibility index (Phi) is 6.04. The second-order valence-electron chi connectivity index (χ2n) is 6.44. The molecule has 2 aromatic heterocycles. The van der Waals surface area contributed by atoms with Crippen LogP contribution in [0.15, 0.2) is 35.4 Å². The predicted molar refractivity (Wildman–Crippen MR) is 102 cm³/mol. The molecule has 6 nitrogen and oxygen atoms in total. The first kappa shape index (κ1) is 22.0. The summed E-state index contributed by atoms with van der Waals surface area (Å²) in [6.07, 6.45) is -2.17. The number of benzene rings is 1. The highest BCUT2D eigenvalue weighted by atomic mass is 35.5. The minimum Gasteiger partial charge on any atom is -0.356 e. The number of alkyl halides is 2. The van der Waals surface area contributed by atoms with Gasteiger partial charge < -0.3 is 10.3 Å². The number of anilines is 1. The Balaban J connectivity index is 2.11. The lowest BCUT2D eigenvalue weighted by Gasteiger charge is -2.19. The van der Waals surface area contributed by atoms with Gasteiger partial charge in [-0.3, -0.25) is 0 Å². The van der Waals surface area contributed by atoms with Gasteiger partial charge in [0.25, 0.3) is 6.43 Å². The number of aryl methyl sites for hydroxylation is 1. The number of H-pyrrole nitrogens is 1. The van der Waals surface area contributed by atoms with Crippen LogP contribution < -0.4 is 5.32 Å². The summed E-state index contributed by atoms with van der Waals surface area (Å²) in [7, 11) is -3.66. The molecule has 0 unspecified atom stereocenters. The molecule has 0 aliphatic rings. The van der Waals surface area contributed by atoms with Gasteiger partial charge in [-0.2, -0.15) is 0 Å². The molecule has 0 spiro atoms. The van der Waals surface area contributed by atoms with Crippen LogP contribution in [0.2, 0.25) is 5.02 Å². The van der Waals surface area contributed by atoms with Gasteiger partial charge in [-0.05, 0) is 36.8 Å². The number of pyridine rings is 1. The van der Waals surface area contributed by atoms with Gasteiger partial charge in [0.05, 0.1) is 10.7 Å². The van der Waals surface area contributed by atoms with Crippen LogP contribution in [0.25, 0.3) is 0 Å². The van der Waals surface area contributed by atoms with Crippen LogP contribution in [-0.4, -0.2) is 29.6 Å². The van der Waals surface area contributed by atoms with Crippen LogP contribution in [0.3, 0.4) is 0 Å². The molecule has 2 heterocycles. The van der Waals surface area contributed by atoms with Crippen molar-refractivity contribution in [2.75, 3.05) is 11.6 Å². The van der Waals surface area contributed by atoms with E-state index >= 15 is 0 Å². The van der Waals surface area contributed by atoms with E-state index in [1.54, 1.807) is 0 Å². The van der Waals surface area contributed by atoms with Crippen molar-refractivity contribution in [1.29, 1.82) is 0 Å². The first-order valence-electron chi connectivity index (χ1n) is 8.40. The van der Waals surface area contributed by atoms with E-state index in [0.29, 0.717) is 5.56 Å². The lowest BCUT2D eigenvalue weighted by molar-refractivity contribution is 0.140. The monoisotopic (exact) mass is 462 g/mol. The van der Waals surface area contributed by atoms with E-state index in [9.17, 15) is 26.0 Å². The second-order valence-corrected chi connectivity index (χ2v) is 8.78. The second kappa shape index (κ2) is 8.23. The maximum atomic E-state index is 13.6. The van der Waals surface area contributed by atoms with E-state index < -0.39 is 39.6 Å². The van der Waals surface area contributed by atoms with Gasteiger partial charge in [0.15, 0.2) is 20.7 Å². The topological polar surface area (TPSA) is 87.7 Å². The molecule has 0 saturated heterocycles. The standard InChI is InChI=1S/C18H15ClF4N4O2S/c1-8-18(30(2,28)29)27-17(24-8)14(9-3-4-11(20)10(19)7-9)25-13-6-5-12(21)15(26-13)16(22)23/h3-7,14,16H,1-2H3,(H,24,27)(H,25,26)/t14-/m0/s1. The van der Waals surface area contributed by atoms with Crippen molar-refractivity contribution < 1.29 is 26.0 Å². The summed E-state index contributed by atoms with van der Waals surface area (Å²) in [4.78, 5) is 10.5. The van der Waals surface area contributed by atoms with Crippen LogP contribution in [0.4, 0.5) is 23.4 Å². The summed E-state index contributed by atoms with van der Waals surface area (Å²) in [5.41, 5.74) is -0.476. The highest BCUT2D eigenvalue weighted by molar-refractivity contribution is 7.90. The van der Waals surface area contributed by atoms with Gasteiger partial charge in [-0.25, -0.2) is 35.9 Å². The Morgan fingerprint density at radius 1 is 1.10 bits per heavy atom. The number of hydrogen-bond donors (Lipinski definition) is 2. The van der Waals surface area contributed by atoms with Crippen LogP contribution in [0.5, 0.6) is 0 Å². The molecule has 0 saturated carbocycles. The van der Waals surface area contributed by atoms with Crippen molar-refractivity contribution >= 4 is 27.3 Å². The van der Waals surface area contributed by atoms with Crippen LogP contribution in [0.1, 0.15) is 35.2 Å². The van der Waals surface area contributed by atoms with E-state index in [2.05, 4.69) is 20.3 Å². The molecular formula is C18H15ClF4N4O2S. The Hall–Kier alpha value is -2.66. The number of aromatic nitrogens is 3. The summed E-state index contributed by atoms with van der Waals surface area (Å²) in [5.74, 6) is -1.91. The molecule has 0 fully saturated rings. The summed E-state index contributed by atoms with van der Waals surface area (Å²) in [6, 6.07) is 4.68. The van der Waals surface area contributed by atoms with Gasteiger partial charge in [0.1, 0.15) is 29.2 Å². The average molecular weight is 463 g/mol. The molecule has 3 rings (SSSR count). The molecule has 30 heavy (non-hydrogen) atoms. The Morgan fingerprint density at radius 3 is 2.33 bits per heavy atom. The third-order valence-corrected chi connectivity index (χ3v) is 5.52. The van der Waals surface area contributed by atoms with Gasteiger partial charge >= 0.3 is 0 Å². The molecule has 0 aliphatic heterocycles. The van der Waals surface area contributed by atoms with Gasteiger partial charge in [-0.1, -0.05) is 17.7 Å². The maximum absolute atomic E-state index is 13.6. The van der Waals surface area contributed by atoms with E-state index in [4.69, 9.17) is 11.6 Å². The number of nitrogens with zero attached hydrogens (tertiary/aromatic N) is 2. The Morgan fingerprint density at radius 2 is 1.77 bits per heavy atom. The van der Waals surface area contributed by atoms with Crippen LogP contribution in [0, 0.1) is 18.6 Å². The fraction of sp³-hybridized carbons (Fsp3) is 0.222. The fourth-order valence-electron chi connectivity index (χ4n) is 2.81. The summed E-state index contributed by atoms with van der Waals surface area (Å²) in [5, 5.41) is 2.37. The van der Waals surface area contributed by atoms with Crippen molar-refractivity contribution in [3.05, 3.63) is 69.8 Å². The molecular weight excluding hydrogens is 448 g/mol. The zero-order valence-electron chi connectivity index (χ0n) is 15.6. The highest BCUT2D eigenvalue weighted by Gasteiger charge is 2.25. The zero-order valence-corrected chi connectivity index (χ0v) is 17.1. The van der Waals surface area contributed by atoms with Crippen molar-refractivity contribution in [3.63, 3.8) is 0 Å². The Labute approximate surface area is 174 Å². The van der Waals surface area contributed by atoms with Crippen molar-refractivity contribution in [2.24, 2.45) is 0 Å². The molecule has 2 N–H and O–H groups in total. The van der Waals surface area contributed by atoms with Crippen molar-refractivity contribution in [1.82, 2.24) is 15.0 Å². The molecule has 0 radical (unpaired) electrons. The van der Waals surface area contributed by atoms with Gasteiger partial charge in [-0.15, -0.1) is 0 Å². The van der Waals surface area contributed by atoms with Gasteiger partial charge in [0, 0.05) is 6.26 Å². The molecule has 0 amide bonds. The molecule has 1 atom stereocenters. The van der Waals surface area contributed by atoms with E-state index in [1.165, 1.54) is 19.1 Å². The maximum Gasteiger partial charge on any atom is 0.283 e. The largest absolute Gasteiger partial charge is 0.356 e. The predicted octanol–water partition coefficient (Wildman–Crippen LogP) is 4.59. The van der Waals surface area contributed by atoms with E-state index in [0.717, 1.165) is 24.5 Å². The zero-order chi connectivity index (χ0) is 22.2. The number of aromatic amines is 1. The number of hydrogen-bond acceptors (Lipinski definition) is 5. The molecule has 12 heteroatoms. The van der Waals surface area contributed by atoms with E-state index in [-0.39, 0.29) is 27.4 Å². The highest BCUT2D eigenvalue weighted by Crippen LogP contribution is 2.30.